The van der Waals surface area contributed by atoms with E-state index < -0.39 is 0 Å². The number of hydrogen-bond donors (Lipinski definition) is 3. The Morgan fingerprint density at radius 3 is 2.55 bits per heavy atom. The second-order valence-corrected chi connectivity index (χ2v) is 5.69. The molecule has 1 amide bonds. The topological polar surface area (TPSA) is 96.7 Å². The van der Waals surface area contributed by atoms with Crippen LogP contribution in [0.3, 0.4) is 0 Å². The Morgan fingerprint density at radius 2 is 1.95 bits per heavy atom. The number of carbonyl (C=O) groups is 1. The molecule has 0 radical (unpaired) electrons. The number of H-pyrrole nitrogens is 1. The summed E-state index contributed by atoms with van der Waals surface area (Å²) in [5.41, 5.74) is 9.21. The van der Waals surface area contributed by atoms with Crippen molar-refractivity contribution >= 4 is 5.91 Å². The zero-order valence-corrected chi connectivity index (χ0v) is 13.0. The molecule has 0 aliphatic heterocycles. The molecule has 2 rings (SSSR count). The van der Waals surface area contributed by atoms with Crippen molar-refractivity contribution in [2.45, 2.75) is 38.6 Å². The first kappa shape index (κ1) is 16.2. The Hall–Kier alpha value is -2.21. The van der Waals surface area contributed by atoms with Crippen LogP contribution in [0, 0.1) is 0 Å². The molecule has 0 spiro atoms. The minimum absolute atomic E-state index is 0.0303. The van der Waals surface area contributed by atoms with Crippen molar-refractivity contribution in [2.75, 3.05) is 6.54 Å². The maximum absolute atomic E-state index is 11.8. The first-order chi connectivity index (χ1) is 10.6. The van der Waals surface area contributed by atoms with Crippen LogP contribution in [0.4, 0.5) is 0 Å². The summed E-state index contributed by atoms with van der Waals surface area (Å²) in [7, 11) is 0. The third-order valence-electron chi connectivity index (χ3n) is 3.62. The number of rotatable bonds is 7. The number of aromatic amines is 1. The minimum Gasteiger partial charge on any atom is -0.354 e. The van der Waals surface area contributed by atoms with Crippen LogP contribution in [-0.4, -0.2) is 27.9 Å². The highest BCUT2D eigenvalue weighted by atomic mass is 16.1. The van der Waals surface area contributed by atoms with Gasteiger partial charge in [0.15, 0.2) is 0 Å². The van der Waals surface area contributed by atoms with Gasteiger partial charge in [0.1, 0.15) is 0 Å². The molecule has 0 fully saturated rings. The number of nitrogens with zero attached hydrogens (tertiary/aromatic N) is 2. The van der Waals surface area contributed by atoms with E-state index in [9.17, 15) is 4.79 Å². The smallest absolute Gasteiger partial charge is 0.220 e. The number of hydrogen-bond acceptors (Lipinski definition) is 4. The molecule has 0 bridgehead atoms. The van der Waals surface area contributed by atoms with Crippen molar-refractivity contribution in [2.24, 2.45) is 5.73 Å². The van der Waals surface area contributed by atoms with E-state index in [1.54, 1.807) is 6.20 Å². The summed E-state index contributed by atoms with van der Waals surface area (Å²) in [5, 5.41) is 13.0. The van der Waals surface area contributed by atoms with E-state index in [0.717, 1.165) is 11.3 Å². The Balaban J connectivity index is 1.76. The van der Waals surface area contributed by atoms with E-state index in [0.29, 0.717) is 25.3 Å². The van der Waals surface area contributed by atoms with Crippen molar-refractivity contribution in [1.29, 1.82) is 0 Å². The van der Waals surface area contributed by atoms with Crippen LogP contribution in [0.25, 0.3) is 0 Å². The highest BCUT2D eigenvalue weighted by molar-refractivity contribution is 5.76. The minimum atomic E-state index is -0.197. The lowest BCUT2D eigenvalue weighted by Crippen LogP contribution is -2.32. The summed E-state index contributed by atoms with van der Waals surface area (Å²) >= 11 is 0. The van der Waals surface area contributed by atoms with Crippen molar-refractivity contribution in [1.82, 2.24) is 20.7 Å². The average Bonchev–Trinajstić information content (AvgIpc) is 3.04. The number of aromatic nitrogens is 3. The fraction of sp³-hybridized carbons (Fsp3) is 0.438. The largest absolute Gasteiger partial charge is 0.354 e. The fourth-order valence-electron chi connectivity index (χ4n) is 2.15. The average molecular weight is 301 g/mol. The number of benzene rings is 1. The number of nitrogens with two attached hydrogens (primary N) is 1. The molecular weight excluding hydrogens is 278 g/mol. The van der Waals surface area contributed by atoms with Crippen molar-refractivity contribution in [3.8, 4) is 0 Å². The van der Waals surface area contributed by atoms with Gasteiger partial charge in [0.25, 0.3) is 0 Å². The van der Waals surface area contributed by atoms with E-state index in [2.05, 4.69) is 46.7 Å². The molecule has 6 heteroatoms. The first-order valence-corrected chi connectivity index (χ1v) is 7.53. The third-order valence-corrected chi connectivity index (χ3v) is 3.62. The summed E-state index contributed by atoms with van der Waals surface area (Å²) < 4.78 is 0. The van der Waals surface area contributed by atoms with Crippen LogP contribution in [0.1, 0.15) is 49.0 Å². The Bertz CT molecular complexity index is 577. The quantitative estimate of drug-likeness (QED) is 0.725. The summed E-state index contributed by atoms with van der Waals surface area (Å²) in [5.74, 6) is 0.471. The molecule has 4 N–H and O–H groups in total. The fourth-order valence-corrected chi connectivity index (χ4v) is 2.15. The Labute approximate surface area is 130 Å². The standard InChI is InChI=1S/C16H23N5O/c1-11(2)12-3-5-13(6-4-12)15(17)10-18-16(22)8-7-14-9-19-21-20-14/h3-6,9,11,15H,7-8,10,17H2,1-2H3,(H,18,22)(H,19,20,21). The van der Waals surface area contributed by atoms with Crippen molar-refractivity contribution < 1.29 is 4.79 Å². The molecule has 6 nitrogen and oxygen atoms in total. The van der Waals surface area contributed by atoms with Gasteiger partial charge in [-0.25, -0.2) is 0 Å². The predicted molar refractivity (Wildman–Crippen MR) is 85.2 cm³/mol. The molecule has 0 saturated carbocycles. The molecule has 0 aliphatic rings. The van der Waals surface area contributed by atoms with Gasteiger partial charge >= 0.3 is 0 Å². The van der Waals surface area contributed by atoms with Crippen molar-refractivity contribution in [3.05, 3.63) is 47.3 Å². The van der Waals surface area contributed by atoms with Gasteiger partial charge < -0.3 is 11.1 Å². The van der Waals surface area contributed by atoms with E-state index in [1.165, 1.54) is 5.56 Å². The summed E-state index contributed by atoms with van der Waals surface area (Å²) in [6.45, 7) is 4.74. The van der Waals surface area contributed by atoms with E-state index in [-0.39, 0.29) is 11.9 Å². The zero-order chi connectivity index (χ0) is 15.9. The molecule has 0 aliphatic carbocycles. The molecule has 1 atom stereocenters. The molecule has 1 aromatic carbocycles. The zero-order valence-electron chi connectivity index (χ0n) is 13.0. The van der Waals surface area contributed by atoms with Crippen LogP contribution < -0.4 is 11.1 Å². The second-order valence-electron chi connectivity index (χ2n) is 5.69. The maximum Gasteiger partial charge on any atom is 0.220 e. The lowest BCUT2D eigenvalue weighted by atomic mass is 9.99. The first-order valence-electron chi connectivity index (χ1n) is 7.53. The van der Waals surface area contributed by atoms with Crippen LogP contribution >= 0.6 is 0 Å². The number of carbonyl (C=O) groups excluding carboxylic acids is 1. The molecule has 0 saturated heterocycles. The van der Waals surface area contributed by atoms with E-state index in [1.807, 2.05) is 12.1 Å². The van der Waals surface area contributed by atoms with Gasteiger partial charge in [-0.05, 0) is 17.0 Å². The summed E-state index contributed by atoms with van der Waals surface area (Å²) in [6, 6.07) is 8.04. The van der Waals surface area contributed by atoms with Crippen LogP contribution in [0.2, 0.25) is 0 Å². The predicted octanol–water partition coefficient (Wildman–Crippen LogP) is 1.68. The highest BCUT2D eigenvalue weighted by Gasteiger charge is 2.09. The molecule has 118 valence electrons. The lowest BCUT2D eigenvalue weighted by Gasteiger charge is -2.14. The van der Waals surface area contributed by atoms with Gasteiger partial charge in [-0.3, -0.25) is 4.79 Å². The normalized spacial score (nSPS) is 12.4. The monoisotopic (exact) mass is 301 g/mol. The lowest BCUT2D eigenvalue weighted by molar-refractivity contribution is -0.121. The third kappa shape index (κ3) is 4.66. The van der Waals surface area contributed by atoms with Gasteiger partial charge in [-0.15, -0.1) is 0 Å². The van der Waals surface area contributed by atoms with Gasteiger partial charge in [-0.2, -0.15) is 15.4 Å². The molecule has 1 unspecified atom stereocenters. The Morgan fingerprint density at radius 1 is 1.27 bits per heavy atom. The van der Waals surface area contributed by atoms with Crippen LogP contribution in [0.15, 0.2) is 30.5 Å². The maximum atomic E-state index is 11.8. The number of amides is 1. The summed E-state index contributed by atoms with van der Waals surface area (Å²) in [4.78, 5) is 11.8. The number of nitrogens with one attached hydrogen (secondary N) is 2. The summed E-state index contributed by atoms with van der Waals surface area (Å²) in [6.07, 6.45) is 2.57. The van der Waals surface area contributed by atoms with E-state index in [4.69, 9.17) is 5.73 Å². The van der Waals surface area contributed by atoms with Gasteiger partial charge in [-0.1, -0.05) is 38.1 Å². The Kier molecular flexibility index (Phi) is 5.66. The van der Waals surface area contributed by atoms with Gasteiger partial charge in [0.2, 0.25) is 5.91 Å². The molecular formula is C16H23N5O. The van der Waals surface area contributed by atoms with Crippen LogP contribution in [-0.2, 0) is 11.2 Å². The van der Waals surface area contributed by atoms with Gasteiger partial charge in [0.05, 0.1) is 11.9 Å². The molecule has 1 heterocycles. The second kappa shape index (κ2) is 7.70. The molecule has 1 aromatic heterocycles. The van der Waals surface area contributed by atoms with Gasteiger partial charge in [0, 0.05) is 25.4 Å². The highest BCUT2D eigenvalue weighted by Crippen LogP contribution is 2.17. The van der Waals surface area contributed by atoms with Crippen molar-refractivity contribution in [3.63, 3.8) is 0 Å². The molecule has 22 heavy (non-hydrogen) atoms. The van der Waals surface area contributed by atoms with E-state index >= 15 is 0 Å². The SMILES string of the molecule is CC(C)c1ccc(C(N)CNC(=O)CCc2cn[nH]n2)cc1. The molecule has 2 aromatic rings. The van der Waals surface area contributed by atoms with Crippen LogP contribution in [0.5, 0.6) is 0 Å². The number of aryl methyl sites for hydroxylation is 1.